The molecular formula is C42H32N2Si. The molecule has 0 atom stereocenters. The molecule has 0 aliphatic carbocycles. The van der Waals surface area contributed by atoms with Crippen LogP contribution >= 0.6 is 0 Å². The first kappa shape index (κ1) is 27.2. The Balaban J connectivity index is 1.18. The van der Waals surface area contributed by atoms with Crippen molar-refractivity contribution < 1.29 is 0 Å². The van der Waals surface area contributed by atoms with Gasteiger partial charge in [0.25, 0.3) is 0 Å². The number of benzene rings is 6. The molecule has 0 spiro atoms. The molecule has 1 aliphatic heterocycles. The van der Waals surface area contributed by atoms with Gasteiger partial charge in [0.05, 0.1) is 11.4 Å². The number of rotatable bonds is 5. The van der Waals surface area contributed by atoms with E-state index in [1.807, 2.05) is 0 Å². The van der Waals surface area contributed by atoms with E-state index in [4.69, 9.17) is 9.97 Å². The summed E-state index contributed by atoms with van der Waals surface area (Å²) in [6, 6.07) is 56.2. The molecule has 0 amide bonds. The van der Waals surface area contributed by atoms with Crippen LogP contribution in [0, 0.1) is 0 Å². The molecule has 6 aromatic carbocycles. The second-order valence-electron chi connectivity index (χ2n) is 12.3. The monoisotopic (exact) mass is 592 g/mol. The van der Waals surface area contributed by atoms with E-state index in [2.05, 4.69) is 171 Å². The number of nitrogens with zero attached hydrogens (tertiary/aromatic N) is 2. The van der Waals surface area contributed by atoms with Crippen LogP contribution in [0.15, 0.2) is 158 Å². The van der Waals surface area contributed by atoms with E-state index in [1.54, 1.807) is 0 Å². The molecule has 45 heavy (non-hydrogen) atoms. The molecule has 0 saturated heterocycles. The van der Waals surface area contributed by atoms with E-state index in [-0.39, 0.29) is 0 Å². The van der Waals surface area contributed by atoms with E-state index in [9.17, 15) is 0 Å². The Morgan fingerprint density at radius 3 is 1.44 bits per heavy atom. The maximum Gasteiger partial charge on any atom is 0.160 e. The standard InChI is InChI=1S/C42H32N2Si/c1-45(2)38-22-10-9-21-37(38)40-41(45)39(32-15-7-4-8-16-32)43-42(44-40)36-20-12-19-35(28-36)31-25-23-30(24-26-31)34-18-11-17-33(27-34)29-13-5-3-6-14-29/h3-28H,1-2H3. The minimum absolute atomic E-state index is 0.769. The molecule has 0 radical (unpaired) electrons. The van der Waals surface area contributed by atoms with Crippen molar-refractivity contribution in [2.24, 2.45) is 0 Å². The summed E-state index contributed by atoms with van der Waals surface area (Å²) < 4.78 is 0. The fourth-order valence-electron chi connectivity index (χ4n) is 6.75. The Kier molecular flexibility index (Phi) is 6.62. The van der Waals surface area contributed by atoms with Crippen LogP contribution in [0.4, 0.5) is 0 Å². The van der Waals surface area contributed by atoms with Gasteiger partial charge < -0.3 is 0 Å². The zero-order valence-corrected chi connectivity index (χ0v) is 26.4. The predicted octanol–water partition coefficient (Wildman–Crippen LogP) is 9.61. The molecule has 0 N–H and O–H groups in total. The van der Waals surface area contributed by atoms with Crippen molar-refractivity contribution in [1.82, 2.24) is 9.97 Å². The summed E-state index contributed by atoms with van der Waals surface area (Å²) in [4.78, 5) is 10.6. The molecule has 214 valence electrons. The second kappa shape index (κ2) is 11.0. The molecule has 3 heteroatoms. The highest BCUT2D eigenvalue weighted by molar-refractivity contribution is 7.04. The highest BCUT2D eigenvalue weighted by atomic mass is 28.3. The van der Waals surface area contributed by atoms with E-state index < -0.39 is 8.07 Å². The third-order valence-electron chi connectivity index (χ3n) is 9.08. The Morgan fingerprint density at radius 2 is 0.822 bits per heavy atom. The lowest BCUT2D eigenvalue weighted by molar-refractivity contribution is 1.20. The second-order valence-corrected chi connectivity index (χ2v) is 16.5. The van der Waals surface area contributed by atoms with E-state index >= 15 is 0 Å². The van der Waals surface area contributed by atoms with Gasteiger partial charge in [0.1, 0.15) is 8.07 Å². The molecule has 2 nitrogen and oxygen atoms in total. The van der Waals surface area contributed by atoms with Crippen molar-refractivity contribution in [3.8, 4) is 67.3 Å². The molecular weight excluding hydrogens is 561 g/mol. The van der Waals surface area contributed by atoms with Crippen LogP contribution in [0.5, 0.6) is 0 Å². The van der Waals surface area contributed by atoms with Crippen molar-refractivity contribution in [2.75, 3.05) is 0 Å². The Labute approximate surface area is 265 Å². The molecule has 0 fully saturated rings. The largest absolute Gasteiger partial charge is 0.228 e. The molecule has 0 bridgehead atoms. The lowest BCUT2D eigenvalue weighted by Crippen LogP contribution is -2.50. The number of hydrogen-bond donors (Lipinski definition) is 0. The van der Waals surface area contributed by atoms with Gasteiger partial charge in [-0.3, -0.25) is 0 Å². The normalized spacial score (nSPS) is 12.8. The maximum atomic E-state index is 5.31. The minimum Gasteiger partial charge on any atom is -0.228 e. The van der Waals surface area contributed by atoms with Crippen LogP contribution in [-0.4, -0.2) is 18.0 Å². The zero-order valence-electron chi connectivity index (χ0n) is 25.4. The highest BCUT2D eigenvalue weighted by Gasteiger charge is 2.41. The van der Waals surface area contributed by atoms with Gasteiger partial charge in [-0.15, -0.1) is 0 Å². The highest BCUT2D eigenvalue weighted by Crippen LogP contribution is 2.35. The van der Waals surface area contributed by atoms with Gasteiger partial charge >= 0.3 is 0 Å². The van der Waals surface area contributed by atoms with Crippen molar-refractivity contribution in [3.63, 3.8) is 0 Å². The maximum absolute atomic E-state index is 5.31. The van der Waals surface area contributed by atoms with Crippen LogP contribution in [0.3, 0.4) is 0 Å². The summed E-state index contributed by atoms with van der Waals surface area (Å²) in [6.07, 6.45) is 0. The molecule has 0 unspecified atom stereocenters. The summed E-state index contributed by atoms with van der Waals surface area (Å²) in [7, 11) is -1.98. The van der Waals surface area contributed by atoms with Crippen LogP contribution in [0.25, 0.3) is 67.3 Å². The van der Waals surface area contributed by atoms with Gasteiger partial charge in [-0.1, -0.05) is 159 Å². The molecule has 1 aliphatic rings. The van der Waals surface area contributed by atoms with Crippen molar-refractivity contribution in [1.29, 1.82) is 0 Å². The molecule has 2 heterocycles. The Morgan fingerprint density at radius 1 is 0.378 bits per heavy atom. The first-order chi connectivity index (χ1) is 22.1. The summed E-state index contributed by atoms with van der Waals surface area (Å²) in [5.74, 6) is 0.769. The first-order valence-corrected chi connectivity index (χ1v) is 18.5. The van der Waals surface area contributed by atoms with Crippen LogP contribution < -0.4 is 10.4 Å². The minimum atomic E-state index is -1.98. The van der Waals surface area contributed by atoms with Crippen molar-refractivity contribution in [2.45, 2.75) is 13.1 Å². The fraction of sp³-hybridized carbons (Fsp3) is 0.0476. The SMILES string of the molecule is C[Si]1(C)c2ccccc2-c2nc(-c3cccc(-c4ccc(-c5cccc(-c6ccccc6)c5)cc4)c3)nc(-c3ccccc3)c21. The lowest BCUT2D eigenvalue weighted by Gasteiger charge is -2.21. The van der Waals surface area contributed by atoms with E-state index in [1.165, 1.54) is 43.8 Å². The summed E-state index contributed by atoms with van der Waals surface area (Å²) in [5.41, 5.74) is 12.8. The zero-order chi connectivity index (χ0) is 30.4. The van der Waals surface area contributed by atoms with Crippen LogP contribution in [0.1, 0.15) is 0 Å². The van der Waals surface area contributed by atoms with Gasteiger partial charge in [-0.05, 0) is 61.5 Å². The number of hydrogen-bond acceptors (Lipinski definition) is 2. The predicted molar refractivity (Wildman–Crippen MR) is 191 cm³/mol. The fourth-order valence-corrected chi connectivity index (χ4v) is 9.98. The van der Waals surface area contributed by atoms with Gasteiger partial charge in [-0.2, -0.15) is 0 Å². The van der Waals surface area contributed by atoms with Gasteiger partial charge in [-0.25, -0.2) is 9.97 Å². The van der Waals surface area contributed by atoms with Crippen molar-refractivity contribution >= 4 is 18.4 Å². The Hall–Kier alpha value is -5.38. The molecule has 8 rings (SSSR count). The van der Waals surface area contributed by atoms with E-state index in [0.29, 0.717) is 0 Å². The average Bonchev–Trinajstić information content (AvgIpc) is 3.35. The number of fused-ring (bicyclic) bond motifs is 3. The van der Waals surface area contributed by atoms with Gasteiger partial charge in [0.2, 0.25) is 0 Å². The quantitative estimate of drug-likeness (QED) is 0.186. The molecule has 1 aromatic heterocycles. The van der Waals surface area contributed by atoms with Gasteiger partial charge in [0, 0.05) is 11.1 Å². The summed E-state index contributed by atoms with van der Waals surface area (Å²) in [5, 5.41) is 2.77. The summed E-state index contributed by atoms with van der Waals surface area (Å²) in [6.45, 7) is 4.85. The van der Waals surface area contributed by atoms with Crippen molar-refractivity contribution in [3.05, 3.63) is 158 Å². The topological polar surface area (TPSA) is 25.8 Å². The van der Waals surface area contributed by atoms with Crippen LogP contribution in [0.2, 0.25) is 13.1 Å². The molecule has 7 aromatic rings. The first-order valence-electron chi connectivity index (χ1n) is 15.5. The summed E-state index contributed by atoms with van der Waals surface area (Å²) >= 11 is 0. The molecule has 0 saturated carbocycles. The third-order valence-corrected chi connectivity index (χ3v) is 12.6. The average molecular weight is 593 g/mol. The Bertz CT molecular complexity index is 2170. The van der Waals surface area contributed by atoms with Crippen LogP contribution in [-0.2, 0) is 0 Å². The smallest absolute Gasteiger partial charge is 0.160 e. The third kappa shape index (κ3) is 4.82. The lowest BCUT2D eigenvalue weighted by atomic mass is 9.96. The number of aromatic nitrogens is 2. The van der Waals surface area contributed by atoms with E-state index in [0.717, 1.165) is 33.9 Å². The van der Waals surface area contributed by atoms with Gasteiger partial charge in [0.15, 0.2) is 5.82 Å².